The molecule has 14 heteroatoms. The van der Waals surface area contributed by atoms with Gasteiger partial charge in [-0.3, -0.25) is 24.0 Å². The molecule has 10 N–H and O–H groups in total. The topological polar surface area (TPSA) is 218 Å². The molecule has 0 aliphatic heterocycles. The molecule has 5 amide bonds. The third kappa shape index (κ3) is 13.0. The Balaban J connectivity index is 1.97. The van der Waals surface area contributed by atoms with Crippen LogP contribution in [0.2, 0.25) is 0 Å². The Labute approximate surface area is 261 Å². The molecule has 0 fully saturated rings. The zero-order chi connectivity index (χ0) is 32.5. The monoisotopic (exact) mass is 629 g/mol. The van der Waals surface area contributed by atoms with Crippen LogP contribution in [0.1, 0.15) is 24.5 Å². The van der Waals surface area contributed by atoms with Crippen LogP contribution in [-0.2, 0) is 36.8 Å². The van der Waals surface area contributed by atoms with Crippen LogP contribution in [0.3, 0.4) is 0 Å². The average molecular weight is 630 g/mol. The third-order valence-corrected chi connectivity index (χ3v) is 7.17. The number of amides is 5. The van der Waals surface area contributed by atoms with Gasteiger partial charge in [-0.2, -0.15) is 11.8 Å². The van der Waals surface area contributed by atoms with E-state index in [1.165, 1.54) is 30.8 Å². The molecule has 2 rings (SSSR count). The number of hydrogen-bond donors (Lipinski definition) is 8. The summed E-state index contributed by atoms with van der Waals surface area (Å²) in [5.74, 6) is -2.02. The number of phenolic OH excluding ortho intramolecular Hbond substituents is 1. The van der Waals surface area contributed by atoms with Gasteiger partial charge in [-0.25, -0.2) is 0 Å². The summed E-state index contributed by atoms with van der Waals surface area (Å²) < 4.78 is 0. The molecule has 0 aliphatic carbocycles. The lowest BCUT2D eigenvalue weighted by Gasteiger charge is -2.23. The number of hydrogen-bond acceptors (Lipinski definition) is 9. The fraction of sp³-hybridized carbons (Fsp3) is 0.433. The summed E-state index contributed by atoms with van der Waals surface area (Å²) in [6.45, 7) is 1.51. The Morgan fingerprint density at radius 1 is 0.795 bits per heavy atom. The van der Waals surface area contributed by atoms with Gasteiger partial charge in [0, 0.05) is 19.5 Å². The molecule has 0 bridgehead atoms. The molecule has 2 aromatic carbocycles. The number of rotatable bonds is 18. The van der Waals surface area contributed by atoms with Crippen molar-refractivity contribution in [3.8, 4) is 5.75 Å². The van der Waals surface area contributed by atoms with Crippen LogP contribution < -0.4 is 38.1 Å². The van der Waals surface area contributed by atoms with Crippen molar-refractivity contribution in [1.82, 2.24) is 26.6 Å². The standard InChI is InChI=1S/C30H43N7O6S/c1-19(35-28(41)23(32)16-21-8-10-22(38)11-9-21)27(40)34-18-26(39)36-25(17-20-6-4-3-5-7-20)30(43)37-24(12-15-44-2)29(42)33-14-13-31/h3-11,19,23-25,38H,12-18,31-32H2,1-2H3,(H,33,42)(H,34,40)(H,35,41)(H,36,39)(H,37,43). The lowest BCUT2D eigenvalue weighted by molar-refractivity contribution is -0.133. The fourth-order valence-corrected chi connectivity index (χ4v) is 4.56. The van der Waals surface area contributed by atoms with Crippen LogP contribution in [0, 0.1) is 0 Å². The second kappa shape index (κ2) is 19.2. The zero-order valence-corrected chi connectivity index (χ0v) is 25.8. The van der Waals surface area contributed by atoms with Gasteiger partial charge in [-0.1, -0.05) is 42.5 Å². The Kier molecular flexibility index (Phi) is 15.7. The van der Waals surface area contributed by atoms with E-state index in [-0.39, 0.29) is 37.6 Å². The number of benzene rings is 2. The summed E-state index contributed by atoms with van der Waals surface area (Å²) in [6.07, 6.45) is 2.62. The predicted molar refractivity (Wildman–Crippen MR) is 169 cm³/mol. The Hall–Kier alpha value is -4.14. The SMILES string of the molecule is CSCCC(NC(=O)C(Cc1ccccc1)NC(=O)CNC(=O)C(C)NC(=O)C(N)Cc1ccc(O)cc1)C(=O)NCCN. The van der Waals surface area contributed by atoms with E-state index in [1.54, 1.807) is 24.3 Å². The predicted octanol–water partition coefficient (Wildman–Crippen LogP) is -1.08. The lowest BCUT2D eigenvalue weighted by atomic mass is 10.0. The third-order valence-electron chi connectivity index (χ3n) is 6.53. The summed E-state index contributed by atoms with van der Waals surface area (Å²) in [4.78, 5) is 63.9. The Morgan fingerprint density at radius 3 is 2.09 bits per heavy atom. The maximum absolute atomic E-state index is 13.3. The Morgan fingerprint density at radius 2 is 1.45 bits per heavy atom. The van der Waals surface area contributed by atoms with Gasteiger partial charge in [0.15, 0.2) is 0 Å². The number of carbonyl (C=O) groups is 5. The second-order valence-electron chi connectivity index (χ2n) is 10.2. The van der Waals surface area contributed by atoms with Crippen molar-refractivity contribution < 1.29 is 29.1 Å². The molecule has 0 aliphatic rings. The molecule has 4 unspecified atom stereocenters. The first-order valence-corrected chi connectivity index (χ1v) is 15.6. The number of nitrogens with one attached hydrogen (secondary N) is 5. The highest BCUT2D eigenvalue weighted by Crippen LogP contribution is 2.11. The van der Waals surface area contributed by atoms with Gasteiger partial charge in [-0.15, -0.1) is 0 Å². The van der Waals surface area contributed by atoms with E-state index in [2.05, 4.69) is 26.6 Å². The van der Waals surface area contributed by atoms with Gasteiger partial charge in [0.25, 0.3) is 0 Å². The van der Waals surface area contributed by atoms with E-state index in [0.29, 0.717) is 12.2 Å². The van der Waals surface area contributed by atoms with E-state index in [4.69, 9.17) is 11.5 Å². The van der Waals surface area contributed by atoms with Crippen molar-refractivity contribution in [1.29, 1.82) is 0 Å². The second-order valence-corrected chi connectivity index (χ2v) is 11.1. The maximum Gasteiger partial charge on any atom is 0.243 e. The van der Waals surface area contributed by atoms with Crippen LogP contribution >= 0.6 is 11.8 Å². The molecule has 0 radical (unpaired) electrons. The molecule has 0 spiro atoms. The number of nitrogens with two attached hydrogens (primary N) is 2. The first-order valence-electron chi connectivity index (χ1n) is 14.3. The van der Waals surface area contributed by atoms with Crippen LogP contribution in [-0.4, -0.2) is 90.5 Å². The van der Waals surface area contributed by atoms with Crippen LogP contribution in [0.5, 0.6) is 5.75 Å². The molecule has 0 saturated carbocycles. The van der Waals surface area contributed by atoms with Gasteiger partial charge in [0.1, 0.15) is 23.9 Å². The molecule has 4 atom stereocenters. The first kappa shape index (κ1) is 36.1. The van der Waals surface area contributed by atoms with E-state index >= 15 is 0 Å². The van der Waals surface area contributed by atoms with E-state index in [0.717, 1.165) is 11.1 Å². The van der Waals surface area contributed by atoms with Gasteiger partial charge < -0.3 is 43.2 Å². The highest BCUT2D eigenvalue weighted by molar-refractivity contribution is 7.98. The van der Waals surface area contributed by atoms with E-state index < -0.39 is 54.3 Å². The van der Waals surface area contributed by atoms with E-state index in [9.17, 15) is 29.1 Å². The smallest absolute Gasteiger partial charge is 0.243 e. The minimum Gasteiger partial charge on any atom is -0.508 e. The molecule has 0 heterocycles. The lowest BCUT2D eigenvalue weighted by Crippen LogP contribution is -2.56. The summed E-state index contributed by atoms with van der Waals surface area (Å²) in [6, 6.07) is 11.5. The van der Waals surface area contributed by atoms with E-state index in [1.807, 2.05) is 24.5 Å². The Bertz CT molecular complexity index is 1230. The average Bonchev–Trinajstić information content (AvgIpc) is 3.01. The molecule has 2 aromatic rings. The molecule has 0 saturated heterocycles. The molecule has 13 nitrogen and oxygen atoms in total. The van der Waals surface area contributed by atoms with Crippen molar-refractivity contribution in [3.05, 3.63) is 65.7 Å². The van der Waals surface area contributed by atoms with Crippen molar-refractivity contribution in [2.45, 2.75) is 50.4 Å². The molecule has 240 valence electrons. The highest BCUT2D eigenvalue weighted by Gasteiger charge is 2.27. The molecular formula is C30H43N7O6S. The van der Waals surface area contributed by atoms with Crippen LogP contribution in [0.25, 0.3) is 0 Å². The minimum atomic E-state index is -1.03. The summed E-state index contributed by atoms with van der Waals surface area (Å²) in [5.41, 5.74) is 13.0. The quantitative estimate of drug-likeness (QED) is 0.100. The molecule has 0 aromatic heterocycles. The minimum absolute atomic E-state index is 0.0919. The maximum atomic E-state index is 13.3. The van der Waals surface area contributed by atoms with Gasteiger partial charge >= 0.3 is 0 Å². The fourth-order valence-electron chi connectivity index (χ4n) is 4.08. The zero-order valence-electron chi connectivity index (χ0n) is 25.0. The van der Waals surface area contributed by atoms with Gasteiger partial charge in [0.05, 0.1) is 12.6 Å². The van der Waals surface area contributed by atoms with Crippen molar-refractivity contribution >= 4 is 41.3 Å². The highest BCUT2D eigenvalue weighted by atomic mass is 32.2. The normalized spacial score (nSPS) is 13.5. The van der Waals surface area contributed by atoms with Gasteiger partial charge in [0.2, 0.25) is 29.5 Å². The van der Waals surface area contributed by atoms with Crippen LogP contribution in [0.15, 0.2) is 54.6 Å². The van der Waals surface area contributed by atoms with Crippen LogP contribution in [0.4, 0.5) is 0 Å². The summed E-state index contributed by atoms with van der Waals surface area (Å²) in [7, 11) is 0. The largest absolute Gasteiger partial charge is 0.508 e. The molecular weight excluding hydrogens is 586 g/mol. The van der Waals surface area contributed by atoms with Crippen molar-refractivity contribution in [2.24, 2.45) is 11.5 Å². The number of phenols is 1. The first-order chi connectivity index (χ1) is 21.0. The van der Waals surface area contributed by atoms with Gasteiger partial charge in [-0.05, 0) is 55.0 Å². The number of thioether (sulfide) groups is 1. The molecule has 44 heavy (non-hydrogen) atoms. The number of aromatic hydroxyl groups is 1. The van der Waals surface area contributed by atoms with Crippen molar-refractivity contribution in [2.75, 3.05) is 31.6 Å². The summed E-state index contributed by atoms with van der Waals surface area (Å²) >= 11 is 1.53. The summed E-state index contributed by atoms with van der Waals surface area (Å²) in [5, 5.41) is 22.4. The van der Waals surface area contributed by atoms with Crippen molar-refractivity contribution in [3.63, 3.8) is 0 Å². The number of carbonyl (C=O) groups excluding carboxylic acids is 5.